The summed E-state index contributed by atoms with van der Waals surface area (Å²) in [7, 11) is 0. The standard InChI is InChI=1S/C18H25N5O2S/c1-3-16-20-21-18(23(16)4-2)26-13-17(24)19-14-5-7-15(8-6-14)22-9-11-25-12-10-22/h5-8H,3-4,9-13H2,1-2H3,(H,19,24). The first-order valence-corrected chi connectivity index (χ1v) is 9.97. The van der Waals surface area contributed by atoms with E-state index in [1.807, 2.05) is 24.3 Å². The summed E-state index contributed by atoms with van der Waals surface area (Å²) in [5.41, 5.74) is 1.96. The molecule has 7 nitrogen and oxygen atoms in total. The van der Waals surface area contributed by atoms with Gasteiger partial charge in [0.2, 0.25) is 5.91 Å². The van der Waals surface area contributed by atoms with E-state index in [0.29, 0.717) is 5.75 Å². The minimum absolute atomic E-state index is 0.0437. The molecule has 140 valence electrons. The largest absolute Gasteiger partial charge is 0.378 e. The SMILES string of the molecule is CCc1nnc(SCC(=O)Nc2ccc(N3CCOCC3)cc2)n1CC. The Kier molecular flexibility index (Phi) is 6.51. The maximum atomic E-state index is 12.2. The van der Waals surface area contributed by atoms with Gasteiger partial charge in [-0.05, 0) is 31.2 Å². The van der Waals surface area contributed by atoms with Gasteiger partial charge in [0, 0.05) is 37.4 Å². The van der Waals surface area contributed by atoms with Gasteiger partial charge in [0.05, 0.1) is 19.0 Å². The number of carbonyl (C=O) groups is 1. The maximum Gasteiger partial charge on any atom is 0.234 e. The molecule has 0 atom stereocenters. The van der Waals surface area contributed by atoms with Crippen molar-refractivity contribution in [1.82, 2.24) is 14.8 Å². The van der Waals surface area contributed by atoms with E-state index in [9.17, 15) is 4.79 Å². The third-order valence-electron chi connectivity index (χ3n) is 4.29. The lowest BCUT2D eigenvalue weighted by atomic mass is 10.2. The fraction of sp³-hybridized carbons (Fsp3) is 0.500. The molecule has 0 bridgehead atoms. The molecule has 1 fully saturated rings. The molecule has 3 rings (SSSR count). The Morgan fingerprint density at radius 2 is 1.92 bits per heavy atom. The van der Waals surface area contributed by atoms with Crippen molar-refractivity contribution in [3.8, 4) is 0 Å². The van der Waals surface area contributed by atoms with Crippen molar-refractivity contribution >= 4 is 29.0 Å². The lowest BCUT2D eigenvalue weighted by Gasteiger charge is -2.28. The van der Waals surface area contributed by atoms with Crippen LogP contribution in [0.4, 0.5) is 11.4 Å². The summed E-state index contributed by atoms with van der Waals surface area (Å²) in [5.74, 6) is 1.22. The molecule has 0 aliphatic carbocycles. The highest BCUT2D eigenvalue weighted by molar-refractivity contribution is 7.99. The summed E-state index contributed by atoms with van der Waals surface area (Å²) < 4.78 is 7.42. The van der Waals surface area contributed by atoms with Crippen molar-refractivity contribution in [2.45, 2.75) is 32.0 Å². The molecule has 2 aromatic rings. The molecular formula is C18H25N5O2S. The van der Waals surface area contributed by atoms with Gasteiger partial charge >= 0.3 is 0 Å². The zero-order valence-corrected chi connectivity index (χ0v) is 16.1. The van der Waals surface area contributed by atoms with Crippen molar-refractivity contribution in [3.05, 3.63) is 30.1 Å². The lowest BCUT2D eigenvalue weighted by molar-refractivity contribution is -0.113. The van der Waals surface area contributed by atoms with Crippen molar-refractivity contribution in [2.24, 2.45) is 0 Å². The Balaban J connectivity index is 1.52. The van der Waals surface area contributed by atoms with Gasteiger partial charge in [0.15, 0.2) is 5.16 Å². The number of rotatable bonds is 7. The van der Waals surface area contributed by atoms with E-state index in [4.69, 9.17) is 4.74 Å². The van der Waals surface area contributed by atoms with Crippen LogP contribution in [0.5, 0.6) is 0 Å². The highest BCUT2D eigenvalue weighted by Gasteiger charge is 2.13. The summed E-state index contributed by atoms with van der Waals surface area (Å²) in [6.45, 7) is 8.25. The number of hydrogen-bond acceptors (Lipinski definition) is 6. The zero-order chi connectivity index (χ0) is 18.4. The summed E-state index contributed by atoms with van der Waals surface area (Å²) in [6, 6.07) is 7.96. The molecule has 2 heterocycles. The van der Waals surface area contributed by atoms with Crippen molar-refractivity contribution < 1.29 is 9.53 Å². The third-order valence-corrected chi connectivity index (χ3v) is 5.25. The smallest absolute Gasteiger partial charge is 0.234 e. The number of ether oxygens (including phenoxy) is 1. The van der Waals surface area contributed by atoms with Crippen LogP contribution in [0.1, 0.15) is 19.7 Å². The van der Waals surface area contributed by atoms with E-state index < -0.39 is 0 Å². The number of thioether (sulfide) groups is 1. The molecule has 1 aliphatic rings. The minimum atomic E-state index is -0.0437. The number of nitrogens with zero attached hydrogens (tertiary/aromatic N) is 4. The van der Waals surface area contributed by atoms with Gasteiger partial charge in [0.1, 0.15) is 5.82 Å². The number of hydrogen-bond donors (Lipinski definition) is 1. The first-order chi connectivity index (χ1) is 12.7. The first-order valence-electron chi connectivity index (χ1n) is 8.98. The quantitative estimate of drug-likeness (QED) is 0.750. The number of anilines is 2. The van der Waals surface area contributed by atoms with E-state index in [1.54, 1.807) is 0 Å². The van der Waals surface area contributed by atoms with Gasteiger partial charge in [-0.2, -0.15) is 0 Å². The second-order valence-electron chi connectivity index (χ2n) is 5.98. The summed E-state index contributed by atoms with van der Waals surface area (Å²) in [5, 5.41) is 12.1. The minimum Gasteiger partial charge on any atom is -0.378 e. The van der Waals surface area contributed by atoms with E-state index >= 15 is 0 Å². The fourth-order valence-corrected chi connectivity index (χ4v) is 3.73. The molecule has 1 N–H and O–H groups in total. The molecule has 0 radical (unpaired) electrons. The highest BCUT2D eigenvalue weighted by atomic mass is 32.2. The number of aryl methyl sites for hydroxylation is 1. The van der Waals surface area contributed by atoms with Crippen LogP contribution in [-0.2, 0) is 22.5 Å². The second-order valence-corrected chi connectivity index (χ2v) is 6.92. The normalized spacial score (nSPS) is 14.5. The topological polar surface area (TPSA) is 72.3 Å². The van der Waals surface area contributed by atoms with Gasteiger partial charge in [-0.1, -0.05) is 18.7 Å². The number of amides is 1. The third kappa shape index (κ3) is 4.56. The zero-order valence-electron chi connectivity index (χ0n) is 15.3. The highest BCUT2D eigenvalue weighted by Crippen LogP contribution is 2.20. The van der Waals surface area contributed by atoms with Crippen molar-refractivity contribution in [3.63, 3.8) is 0 Å². The molecule has 1 amide bonds. The predicted molar refractivity (Wildman–Crippen MR) is 104 cm³/mol. The monoisotopic (exact) mass is 375 g/mol. The van der Waals surface area contributed by atoms with Gasteiger partial charge < -0.3 is 19.5 Å². The van der Waals surface area contributed by atoms with Gasteiger partial charge in [-0.15, -0.1) is 10.2 Å². The van der Waals surface area contributed by atoms with Crippen LogP contribution >= 0.6 is 11.8 Å². The Labute approximate surface area is 158 Å². The molecule has 1 aliphatic heterocycles. The van der Waals surface area contributed by atoms with E-state index in [1.165, 1.54) is 11.8 Å². The number of aromatic nitrogens is 3. The van der Waals surface area contributed by atoms with Crippen LogP contribution in [0.15, 0.2) is 29.4 Å². The van der Waals surface area contributed by atoms with E-state index in [-0.39, 0.29) is 5.91 Å². The van der Waals surface area contributed by atoms with Gasteiger partial charge in [-0.25, -0.2) is 0 Å². The number of carbonyl (C=O) groups excluding carboxylic acids is 1. The Bertz CT molecular complexity index is 726. The molecule has 26 heavy (non-hydrogen) atoms. The maximum absolute atomic E-state index is 12.2. The van der Waals surface area contributed by atoms with Gasteiger partial charge in [-0.3, -0.25) is 4.79 Å². The molecule has 1 saturated heterocycles. The summed E-state index contributed by atoms with van der Waals surface area (Å²) in [6.07, 6.45) is 0.836. The Morgan fingerprint density at radius 3 is 2.58 bits per heavy atom. The first kappa shape index (κ1) is 18.7. The molecule has 0 unspecified atom stereocenters. The van der Waals surface area contributed by atoms with Crippen LogP contribution in [0.25, 0.3) is 0 Å². The van der Waals surface area contributed by atoms with Crippen LogP contribution in [0.3, 0.4) is 0 Å². The number of nitrogens with one attached hydrogen (secondary N) is 1. The fourth-order valence-electron chi connectivity index (χ4n) is 2.91. The van der Waals surface area contributed by atoms with Crippen molar-refractivity contribution in [2.75, 3.05) is 42.3 Å². The average Bonchev–Trinajstić information content (AvgIpc) is 3.09. The van der Waals surface area contributed by atoms with Gasteiger partial charge in [0.25, 0.3) is 0 Å². The molecule has 1 aromatic carbocycles. The Morgan fingerprint density at radius 1 is 1.19 bits per heavy atom. The van der Waals surface area contributed by atoms with E-state index in [0.717, 1.165) is 61.6 Å². The molecule has 8 heteroatoms. The Hall–Kier alpha value is -2.06. The summed E-state index contributed by atoms with van der Waals surface area (Å²) in [4.78, 5) is 14.5. The van der Waals surface area contributed by atoms with Crippen molar-refractivity contribution in [1.29, 1.82) is 0 Å². The van der Waals surface area contributed by atoms with Crippen LogP contribution < -0.4 is 10.2 Å². The van der Waals surface area contributed by atoms with E-state index in [2.05, 4.69) is 38.8 Å². The second kappa shape index (κ2) is 9.05. The molecule has 0 spiro atoms. The lowest BCUT2D eigenvalue weighted by Crippen LogP contribution is -2.36. The van der Waals surface area contributed by atoms with Crippen LogP contribution in [-0.4, -0.2) is 52.7 Å². The number of morpholine rings is 1. The number of benzene rings is 1. The van der Waals surface area contributed by atoms with Crippen LogP contribution in [0, 0.1) is 0 Å². The van der Waals surface area contributed by atoms with Crippen LogP contribution in [0.2, 0.25) is 0 Å². The average molecular weight is 375 g/mol. The molecular weight excluding hydrogens is 350 g/mol. The molecule has 1 aromatic heterocycles. The predicted octanol–water partition coefficient (Wildman–Crippen LogP) is 2.43. The summed E-state index contributed by atoms with van der Waals surface area (Å²) >= 11 is 1.42. The molecule has 0 saturated carbocycles.